The monoisotopic (exact) mass is 387 g/mol. The van der Waals surface area contributed by atoms with E-state index in [4.69, 9.17) is 0 Å². The maximum atomic E-state index is 13.1. The quantitative estimate of drug-likeness (QED) is 0.790. The molecule has 1 aromatic carbocycles. The summed E-state index contributed by atoms with van der Waals surface area (Å²) in [6.45, 7) is 4.28. The Morgan fingerprint density at radius 2 is 1.85 bits per heavy atom. The van der Waals surface area contributed by atoms with Crippen molar-refractivity contribution in [2.45, 2.75) is 63.3 Å². The fraction of sp³-hybridized carbons (Fsp3) is 0.571. The van der Waals surface area contributed by atoms with E-state index < -0.39 is 10.0 Å². The van der Waals surface area contributed by atoms with E-state index in [1.807, 2.05) is 30.6 Å². The van der Waals surface area contributed by atoms with Crippen LogP contribution in [0.3, 0.4) is 0 Å². The van der Waals surface area contributed by atoms with Crippen LogP contribution in [0.4, 0.5) is 0 Å². The van der Waals surface area contributed by atoms with Crippen LogP contribution < -0.4 is 0 Å². The van der Waals surface area contributed by atoms with E-state index in [1.165, 1.54) is 17.5 Å². The standard InChI is InChI=1S/C21H29N3O2S/c1-2-21-22-11-14-23(21)16-17-9-12-24(13-10-17)27(25,26)20-8-7-18-5-3-4-6-19(18)15-20/h7-8,11,14-15,17H,2-6,9-10,12-13,16H2,1H3. The van der Waals surface area contributed by atoms with Crippen molar-refractivity contribution in [3.05, 3.63) is 47.5 Å². The minimum absolute atomic E-state index is 0.476. The number of fused-ring (bicyclic) bond motifs is 1. The zero-order chi connectivity index (χ0) is 18.9. The molecule has 6 heteroatoms. The Balaban J connectivity index is 1.42. The van der Waals surface area contributed by atoms with Crippen molar-refractivity contribution in [3.8, 4) is 0 Å². The normalized spacial score (nSPS) is 19.1. The van der Waals surface area contributed by atoms with Crippen LogP contribution in [-0.4, -0.2) is 35.4 Å². The van der Waals surface area contributed by atoms with Gasteiger partial charge in [0.25, 0.3) is 0 Å². The Morgan fingerprint density at radius 3 is 2.59 bits per heavy atom. The van der Waals surface area contributed by atoms with Gasteiger partial charge < -0.3 is 4.57 Å². The molecule has 0 saturated carbocycles. The van der Waals surface area contributed by atoms with E-state index in [0.717, 1.165) is 50.9 Å². The molecule has 0 atom stereocenters. The molecule has 5 nitrogen and oxygen atoms in total. The summed E-state index contributed by atoms with van der Waals surface area (Å²) < 4.78 is 30.1. The van der Waals surface area contributed by atoms with Gasteiger partial charge in [0.2, 0.25) is 10.0 Å². The van der Waals surface area contributed by atoms with E-state index in [9.17, 15) is 8.42 Å². The topological polar surface area (TPSA) is 55.2 Å². The van der Waals surface area contributed by atoms with E-state index in [2.05, 4.69) is 16.5 Å². The van der Waals surface area contributed by atoms with Crippen LogP contribution in [0.15, 0.2) is 35.5 Å². The van der Waals surface area contributed by atoms with Crippen molar-refractivity contribution < 1.29 is 8.42 Å². The van der Waals surface area contributed by atoms with Gasteiger partial charge in [0.15, 0.2) is 0 Å². The first-order valence-corrected chi connectivity index (χ1v) is 11.6. The number of nitrogens with zero attached hydrogens (tertiary/aromatic N) is 3. The summed E-state index contributed by atoms with van der Waals surface area (Å²) in [6.07, 6.45) is 11.1. The number of aryl methyl sites for hydroxylation is 3. The van der Waals surface area contributed by atoms with E-state index in [0.29, 0.717) is 23.9 Å². The number of hydrogen-bond donors (Lipinski definition) is 0. The molecule has 1 aliphatic carbocycles. The molecule has 4 rings (SSSR count). The van der Waals surface area contributed by atoms with Crippen molar-refractivity contribution in [3.63, 3.8) is 0 Å². The number of aromatic nitrogens is 2. The Labute approximate surface area is 162 Å². The minimum Gasteiger partial charge on any atom is -0.335 e. The molecule has 0 bridgehead atoms. The van der Waals surface area contributed by atoms with Crippen molar-refractivity contribution in [2.75, 3.05) is 13.1 Å². The maximum absolute atomic E-state index is 13.1. The van der Waals surface area contributed by atoms with Crippen LogP contribution in [0.2, 0.25) is 0 Å². The van der Waals surface area contributed by atoms with Gasteiger partial charge in [-0.1, -0.05) is 13.0 Å². The average Bonchev–Trinajstić information content (AvgIpc) is 3.15. The summed E-state index contributed by atoms with van der Waals surface area (Å²) in [4.78, 5) is 4.86. The molecular formula is C21H29N3O2S. The Kier molecular flexibility index (Phi) is 5.37. The second-order valence-electron chi connectivity index (χ2n) is 7.83. The molecule has 1 saturated heterocycles. The molecule has 0 spiro atoms. The third kappa shape index (κ3) is 3.83. The second kappa shape index (κ2) is 7.76. The maximum Gasteiger partial charge on any atom is 0.243 e. The summed E-state index contributed by atoms with van der Waals surface area (Å²) in [5, 5.41) is 0. The molecule has 0 radical (unpaired) electrons. The van der Waals surface area contributed by atoms with Gasteiger partial charge in [-0.15, -0.1) is 0 Å². The first-order chi connectivity index (χ1) is 13.1. The average molecular weight is 388 g/mol. The third-order valence-corrected chi connectivity index (χ3v) is 8.00. The van der Waals surface area contributed by atoms with Crippen LogP contribution in [0.25, 0.3) is 0 Å². The van der Waals surface area contributed by atoms with Gasteiger partial charge in [-0.2, -0.15) is 4.31 Å². The van der Waals surface area contributed by atoms with E-state index >= 15 is 0 Å². The highest BCUT2D eigenvalue weighted by Gasteiger charge is 2.30. The van der Waals surface area contributed by atoms with Crippen molar-refractivity contribution in [2.24, 2.45) is 5.92 Å². The van der Waals surface area contributed by atoms with Crippen LogP contribution in [0.5, 0.6) is 0 Å². The van der Waals surface area contributed by atoms with Crippen molar-refractivity contribution >= 4 is 10.0 Å². The third-order valence-electron chi connectivity index (χ3n) is 6.10. The van der Waals surface area contributed by atoms with Crippen LogP contribution >= 0.6 is 0 Å². The second-order valence-corrected chi connectivity index (χ2v) is 9.77. The Morgan fingerprint density at radius 1 is 1.11 bits per heavy atom. The highest BCUT2D eigenvalue weighted by molar-refractivity contribution is 7.89. The lowest BCUT2D eigenvalue weighted by Gasteiger charge is -2.32. The summed E-state index contributed by atoms with van der Waals surface area (Å²) in [5.74, 6) is 1.62. The number of piperidine rings is 1. The fourth-order valence-electron chi connectivity index (χ4n) is 4.45. The van der Waals surface area contributed by atoms with Gasteiger partial charge >= 0.3 is 0 Å². The number of benzene rings is 1. The number of imidazole rings is 1. The lowest BCUT2D eigenvalue weighted by molar-refractivity contribution is 0.251. The zero-order valence-corrected chi connectivity index (χ0v) is 16.9. The zero-order valence-electron chi connectivity index (χ0n) is 16.1. The highest BCUT2D eigenvalue weighted by Crippen LogP contribution is 2.28. The molecule has 1 aromatic heterocycles. The van der Waals surface area contributed by atoms with Crippen molar-refractivity contribution in [1.82, 2.24) is 13.9 Å². The van der Waals surface area contributed by atoms with Crippen LogP contribution in [-0.2, 0) is 35.8 Å². The lowest BCUT2D eigenvalue weighted by Crippen LogP contribution is -2.39. The van der Waals surface area contributed by atoms with Gasteiger partial charge in [-0.25, -0.2) is 13.4 Å². The molecule has 1 aliphatic heterocycles. The summed E-state index contributed by atoms with van der Waals surface area (Å²) in [5.41, 5.74) is 2.55. The molecule has 2 aromatic rings. The molecule has 2 aliphatic rings. The molecule has 0 N–H and O–H groups in total. The Bertz CT molecular complexity index is 896. The summed E-state index contributed by atoms with van der Waals surface area (Å²) >= 11 is 0. The molecule has 0 amide bonds. The van der Waals surface area contributed by atoms with Gasteiger partial charge in [0.05, 0.1) is 4.90 Å². The SMILES string of the molecule is CCc1nccn1CC1CCN(S(=O)(=O)c2ccc3c(c2)CCCC3)CC1. The van der Waals surface area contributed by atoms with E-state index in [-0.39, 0.29) is 0 Å². The smallest absolute Gasteiger partial charge is 0.243 e. The first-order valence-electron chi connectivity index (χ1n) is 10.2. The summed E-state index contributed by atoms with van der Waals surface area (Å²) in [6, 6.07) is 5.76. The molecule has 146 valence electrons. The number of rotatable bonds is 5. The highest BCUT2D eigenvalue weighted by atomic mass is 32.2. The van der Waals surface area contributed by atoms with E-state index in [1.54, 1.807) is 4.31 Å². The predicted molar refractivity (Wildman–Crippen MR) is 106 cm³/mol. The molecule has 2 heterocycles. The lowest BCUT2D eigenvalue weighted by atomic mass is 9.92. The molecule has 27 heavy (non-hydrogen) atoms. The van der Waals surface area contributed by atoms with Gasteiger partial charge in [0, 0.05) is 38.4 Å². The minimum atomic E-state index is -3.38. The molecular weight excluding hydrogens is 358 g/mol. The van der Waals surface area contributed by atoms with Crippen LogP contribution in [0.1, 0.15) is 49.6 Å². The van der Waals surface area contributed by atoms with Crippen LogP contribution in [0, 0.1) is 5.92 Å². The molecule has 0 unspecified atom stereocenters. The molecule has 1 fully saturated rings. The van der Waals surface area contributed by atoms with Gasteiger partial charge in [0.1, 0.15) is 5.82 Å². The number of hydrogen-bond acceptors (Lipinski definition) is 3. The van der Waals surface area contributed by atoms with Crippen molar-refractivity contribution in [1.29, 1.82) is 0 Å². The van der Waals surface area contributed by atoms with Gasteiger partial charge in [-0.05, 0) is 67.7 Å². The largest absolute Gasteiger partial charge is 0.335 e. The first kappa shape index (κ1) is 18.7. The predicted octanol–water partition coefficient (Wildman–Crippen LogP) is 3.43. The number of sulfonamides is 1. The van der Waals surface area contributed by atoms with Gasteiger partial charge in [-0.3, -0.25) is 0 Å². The summed E-state index contributed by atoms with van der Waals surface area (Å²) in [7, 11) is -3.38. The Hall–Kier alpha value is -1.66. The fourth-order valence-corrected chi connectivity index (χ4v) is 5.97.